The van der Waals surface area contributed by atoms with Gasteiger partial charge in [-0.25, -0.2) is 0 Å². The minimum atomic E-state index is 0.0104. The molecule has 2 nitrogen and oxygen atoms in total. The van der Waals surface area contributed by atoms with E-state index in [9.17, 15) is 0 Å². The van der Waals surface area contributed by atoms with Crippen LogP contribution in [0.2, 0.25) is 0 Å². The fourth-order valence-corrected chi connectivity index (χ4v) is 0.960. The van der Waals surface area contributed by atoms with E-state index in [2.05, 4.69) is 16.8 Å². The molecule has 1 heterocycles. The SMILES string of the molecule is C=CCC(Cl)c1cn[nH]c1. The molecule has 1 N–H and O–H groups in total. The van der Waals surface area contributed by atoms with Crippen LogP contribution < -0.4 is 0 Å². The van der Waals surface area contributed by atoms with Crippen LogP contribution in [-0.4, -0.2) is 10.2 Å². The van der Waals surface area contributed by atoms with Crippen molar-refractivity contribution in [2.45, 2.75) is 11.8 Å². The molecule has 0 saturated carbocycles. The zero-order chi connectivity index (χ0) is 7.40. The monoisotopic (exact) mass is 156 g/mol. The number of allylic oxidation sites excluding steroid dienone is 1. The van der Waals surface area contributed by atoms with E-state index in [1.54, 1.807) is 18.5 Å². The summed E-state index contributed by atoms with van der Waals surface area (Å²) in [6.07, 6.45) is 6.09. The lowest BCUT2D eigenvalue weighted by Gasteiger charge is -1.99. The molecule has 0 aromatic carbocycles. The van der Waals surface area contributed by atoms with Crippen LogP contribution in [0.25, 0.3) is 0 Å². The third-order valence-corrected chi connectivity index (χ3v) is 1.68. The third kappa shape index (κ3) is 1.61. The summed E-state index contributed by atoms with van der Waals surface area (Å²) < 4.78 is 0. The van der Waals surface area contributed by atoms with Crippen molar-refractivity contribution >= 4 is 11.6 Å². The predicted octanol–water partition coefficient (Wildman–Crippen LogP) is 2.27. The van der Waals surface area contributed by atoms with Crippen LogP contribution in [0.5, 0.6) is 0 Å². The highest BCUT2D eigenvalue weighted by molar-refractivity contribution is 6.20. The summed E-state index contributed by atoms with van der Waals surface area (Å²) >= 11 is 5.92. The molecule has 10 heavy (non-hydrogen) atoms. The largest absolute Gasteiger partial charge is 0.285 e. The van der Waals surface area contributed by atoms with Crippen molar-refractivity contribution in [2.75, 3.05) is 0 Å². The Morgan fingerprint density at radius 1 is 1.90 bits per heavy atom. The lowest BCUT2D eigenvalue weighted by atomic mass is 10.2. The van der Waals surface area contributed by atoms with E-state index >= 15 is 0 Å². The average molecular weight is 157 g/mol. The van der Waals surface area contributed by atoms with Gasteiger partial charge in [0.15, 0.2) is 0 Å². The quantitative estimate of drug-likeness (QED) is 0.528. The van der Waals surface area contributed by atoms with Gasteiger partial charge in [0.2, 0.25) is 0 Å². The van der Waals surface area contributed by atoms with Crippen LogP contribution in [0.4, 0.5) is 0 Å². The molecule has 0 aliphatic carbocycles. The number of nitrogens with zero attached hydrogens (tertiary/aromatic N) is 1. The Morgan fingerprint density at radius 2 is 2.70 bits per heavy atom. The van der Waals surface area contributed by atoms with Crippen molar-refractivity contribution in [3.8, 4) is 0 Å². The molecule has 0 radical (unpaired) electrons. The molecule has 1 rings (SSSR count). The van der Waals surface area contributed by atoms with Crippen LogP contribution in [-0.2, 0) is 0 Å². The molecule has 0 saturated heterocycles. The number of aromatic nitrogens is 2. The fourth-order valence-electron chi connectivity index (χ4n) is 0.715. The summed E-state index contributed by atoms with van der Waals surface area (Å²) in [4.78, 5) is 0. The van der Waals surface area contributed by atoms with E-state index < -0.39 is 0 Å². The van der Waals surface area contributed by atoms with E-state index in [0.717, 1.165) is 12.0 Å². The van der Waals surface area contributed by atoms with Crippen molar-refractivity contribution in [2.24, 2.45) is 0 Å². The molecule has 54 valence electrons. The molecule has 0 aliphatic rings. The number of nitrogens with one attached hydrogen (secondary N) is 1. The first-order valence-corrected chi connectivity index (χ1v) is 3.52. The highest BCUT2D eigenvalue weighted by Crippen LogP contribution is 2.22. The fraction of sp³-hybridized carbons (Fsp3) is 0.286. The van der Waals surface area contributed by atoms with Gasteiger partial charge in [-0.2, -0.15) is 5.10 Å². The number of aromatic amines is 1. The summed E-state index contributed by atoms with van der Waals surface area (Å²) in [5.74, 6) is 0. The van der Waals surface area contributed by atoms with Gasteiger partial charge in [-0.05, 0) is 6.42 Å². The smallest absolute Gasteiger partial charge is 0.0650 e. The summed E-state index contributed by atoms with van der Waals surface area (Å²) in [7, 11) is 0. The second-order valence-corrected chi connectivity index (χ2v) is 2.55. The Kier molecular flexibility index (Phi) is 2.51. The molecular formula is C7H9ClN2. The summed E-state index contributed by atoms with van der Waals surface area (Å²) in [6.45, 7) is 3.60. The molecule has 1 atom stereocenters. The molecule has 1 aromatic heterocycles. The molecule has 1 aromatic rings. The predicted molar refractivity (Wildman–Crippen MR) is 42.0 cm³/mol. The second kappa shape index (κ2) is 3.42. The topological polar surface area (TPSA) is 28.7 Å². The minimum absolute atomic E-state index is 0.0104. The number of hydrogen-bond donors (Lipinski definition) is 1. The van der Waals surface area contributed by atoms with Gasteiger partial charge in [0.05, 0.1) is 11.6 Å². The first kappa shape index (κ1) is 7.35. The standard InChI is InChI=1S/C7H9ClN2/c1-2-3-7(8)6-4-9-10-5-6/h2,4-5,7H,1,3H2,(H,9,10). The van der Waals surface area contributed by atoms with Crippen molar-refractivity contribution in [3.05, 3.63) is 30.6 Å². The summed E-state index contributed by atoms with van der Waals surface area (Å²) in [5.41, 5.74) is 1.02. The minimum Gasteiger partial charge on any atom is -0.285 e. The maximum atomic E-state index is 5.92. The molecular weight excluding hydrogens is 148 g/mol. The maximum Gasteiger partial charge on any atom is 0.0650 e. The van der Waals surface area contributed by atoms with Crippen LogP contribution in [0.1, 0.15) is 17.4 Å². The van der Waals surface area contributed by atoms with Crippen LogP contribution in [0.3, 0.4) is 0 Å². The molecule has 3 heteroatoms. The molecule has 0 bridgehead atoms. The highest BCUT2D eigenvalue weighted by atomic mass is 35.5. The number of alkyl halides is 1. The first-order valence-electron chi connectivity index (χ1n) is 3.08. The van der Waals surface area contributed by atoms with Gasteiger partial charge in [-0.1, -0.05) is 6.08 Å². The van der Waals surface area contributed by atoms with Crippen molar-refractivity contribution in [3.63, 3.8) is 0 Å². The number of H-pyrrole nitrogens is 1. The van der Waals surface area contributed by atoms with Crippen molar-refractivity contribution in [1.82, 2.24) is 10.2 Å². The van der Waals surface area contributed by atoms with Gasteiger partial charge in [0, 0.05) is 11.8 Å². The van der Waals surface area contributed by atoms with E-state index in [1.165, 1.54) is 0 Å². The Hall–Kier alpha value is -0.760. The third-order valence-electron chi connectivity index (χ3n) is 1.25. The Morgan fingerprint density at radius 3 is 3.20 bits per heavy atom. The van der Waals surface area contributed by atoms with Gasteiger partial charge < -0.3 is 0 Å². The first-order chi connectivity index (χ1) is 4.84. The van der Waals surface area contributed by atoms with Gasteiger partial charge in [0.1, 0.15) is 0 Å². The molecule has 0 amide bonds. The van der Waals surface area contributed by atoms with Gasteiger partial charge in [0.25, 0.3) is 0 Å². The van der Waals surface area contributed by atoms with Crippen molar-refractivity contribution in [1.29, 1.82) is 0 Å². The van der Waals surface area contributed by atoms with E-state index in [4.69, 9.17) is 11.6 Å². The van der Waals surface area contributed by atoms with E-state index in [1.807, 2.05) is 0 Å². The summed E-state index contributed by atoms with van der Waals surface area (Å²) in [6, 6.07) is 0. The van der Waals surface area contributed by atoms with Gasteiger partial charge in [-0.3, -0.25) is 5.10 Å². The van der Waals surface area contributed by atoms with Crippen LogP contribution in [0, 0.1) is 0 Å². The number of rotatable bonds is 3. The van der Waals surface area contributed by atoms with Crippen LogP contribution in [0.15, 0.2) is 25.0 Å². The number of halogens is 1. The normalized spacial score (nSPS) is 12.9. The lowest BCUT2D eigenvalue weighted by molar-refractivity contribution is 0.960. The Bertz CT molecular complexity index is 193. The van der Waals surface area contributed by atoms with Crippen LogP contribution >= 0.6 is 11.6 Å². The van der Waals surface area contributed by atoms with Crippen molar-refractivity contribution < 1.29 is 0 Å². The molecule has 0 spiro atoms. The second-order valence-electron chi connectivity index (χ2n) is 2.02. The highest BCUT2D eigenvalue weighted by Gasteiger charge is 2.04. The zero-order valence-electron chi connectivity index (χ0n) is 5.55. The Labute approximate surface area is 64.9 Å². The average Bonchev–Trinajstić information content (AvgIpc) is 2.38. The van der Waals surface area contributed by atoms with E-state index in [-0.39, 0.29) is 5.38 Å². The summed E-state index contributed by atoms with van der Waals surface area (Å²) in [5, 5.41) is 6.49. The number of hydrogen-bond acceptors (Lipinski definition) is 1. The lowest BCUT2D eigenvalue weighted by Crippen LogP contribution is -1.83. The zero-order valence-corrected chi connectivity index (χ0v) is 6.30. The van der Waals surface area contributed by atoms with Gasteiger partial charge >= 0.3 is 0 Å². The Balaban J connectivity index is 2.58. The molecule has 0 fully saturated rings. The van der Waals surface area contributed by atoms with E-state index in [0.29, 0.717) is 0 Å². The molecule has 1 unspecified atom stereocenters. The maximum absolute atomic E-state index is 5.92. The van der Waals surface area contributed by atoms with Gasteiger partial charge in [-0.15, -0.1) is 18.2 Å². The molecule has 0 aliphatic heterocycles.